The Morgan fingerprint density at radius 1 is 1.03 bits per heavy atom. The highest BCUT2D eigenvalue weighted by atomic mass is 16.5. The van der Waals surface area contributed by atoms with E-state index in [9.17, 15) is 20.1 Å². The number of rotatable bonds is 4. The predicted octanol–water partition coefficient (Wildman–Crippen LogP) is 4.24. The van der Waals surface area contributed by atoms with E-state index in [2.05, 4.69) is 49.3 Å². The Labute approximate surface area is 194 Å². The Morgan fingerprint density at radius 3 is 2.36 bits per heavy atom. The summed E-state index contributed by atoms with van der Waals surface area (Å²) in [7, 11) is 4.02. The van der Waals surface area contributed by atoms with Gasteiger partial charge in [-0.2, -0.15) is 4.58 Å². The molecule has 0 amide bonds. The van der Waals surface area contributed by atoms with Gasteiger partial charge in [0.25, 0.3) is 0 Å². The average Bonchev–Trinajstić information content (AvgIpc) is 3.06. The molecule has 0 atom stereocenters. The molecule has 0 radical (unpaired) electrons. The van der Waals surface area contributed by atoms with E-state index in [1.165, 1.54) is 0 Å². The monoisotopic (exact) mass is 447 g/mol. The lowest BCUT2D eigenvalue weighted by Crippen LogP contribution is -2.27. The summed E-state index contributed by atoms with van der Waals surface area (Å²) in [5, 5.41) is 28.6. The van der Waals surface area contributed by atoms with Crippen molar-refractivity contribution < 1.29 is 24.7 Å². The zero-order valence-electron chi connectivity index (χ0n) is 19.9. The van der Waals surface area contributed by atoms with Crippen LogP contribution in [0.4, 0.5) is 11.4 Å². The summed E-state index contributed by atoms with van der Waals surface area (Å²) in [5.41, 5.74) is 6.42. The maximum absolute atomic E-state index is 11.5. The number of allylic oxidation sites excluding steroid dienone is 4. The zero-order valence-corrected chi connectivity index (χ0v) is 19.9. The Morgan fingerprint density at radius 2 is 1.73 bits per heavy atom. The summed E-state index contributed by atoms with van der Waals surface area (Å²) < 4.78 is 2.11. The largest absolute Gasteiger partial charge is 0.478 e. The van der Waals surface area contributed by atoms with Crippen LogP contribution >= 0.6 is 0 Å². The number of aromatic carboxylic acids is 1. The maximum Gasteiger partial charge on any atom is 0.335 e. The number of aliphatic hydroxyl groups is 2. The fourth-order valence-corrected chi connectivity index (χ4v) is 5.21. The molecule has 2 aromatic rings. The Kier molecular flexibility index (Phi) is 5.34. The molecule has 0 aromatic heterocycles. The van der Waals surface area contributed by atoms with E-state index in [0.717, 1.165) is 33.9 Å². The number of benzene rings is 2. The molecule has 4 rings (SSSR count). The fourth-order valence-electron chi connectivity index (χ4n) is 5.21. The zero-order chi connectivity index (χ0) is 24.3. The fraction of sp³-hybridized carbons (Fsp3) is 0.333. The van der Waals surface area contributed by atoms with Crippen molar-refractivity contribution in [2.75, 3.05) is 19.0 Å². The lowest BCUT2D eigenvalue weighted by molar-refractivity contribution is -0.401. The lowest BCUT2D eigenvalue weighted by atomic mass is 9.80. The topological polar surface area (TPSA) is 84.0 Å². The molecule has 2 aromatic carbocycles. The second-order valence-corrected chi connectivity index (χ2v) is 9.85. The highest BCUT2D eigenvalue weighted by molar-refractivity contribution is 6.03. The lowest BCUT2D eigenvalue weighted by Gasteiger charge is -2.24. The molecule has 0 unspecified atom stereocenters. The molecule has 0 aliphatic carbocycles. The van der Waals surface area contributed by atoms with Gasteiger partial charge in [-0.15, -0.1) is 0 Å². The van der Waals surface area contributed by atoms with Crippen LogP contribution in [-0.4, -0.2) is 45.7 Å². The van der Waals surface area contributed by atoms with Crippen molar-refractivity contribution in [3.63, 3.8) is 0 Å². The van der Waals surface area contributed by atoms with Gasteiger partial charge in [-0.25, -0.2) is 4.79 Å². The van der Waals surface area contributed by atoms with Crippen LogP contribution in [0.5, 0.6) is 0 Å². The van der Waals surface area contributed by atoms with Crippen LogP contribution in [0.2, 0.25) is 0 Å². The third-order valence-electron chi connectivity index (χ3n) is 7.14. The van der Waals surface area contributed by atoms with Gasteiger partial charge < -0.3 is 20.2 Å². The van der Waals surface area contributed by atoms with Gasteiger partial charge in [-0.05, 0) is 49.8 Å². The summed E-state index contributed by atoms with van der Waals surface area (Å²) in [6.45, 7) is 8.48. The molecule has 3 N–H and O–H groups in total. The van der Waals surface area contributed by atoms with Gasteiger partial charge in [0.15, 0.2) is 12.0 Å². The van der Waals surface area contributed by atoms with Gasteiger partial charge in [0.2, 0.25) is 5.69 Å². The van der Waals surface area contributed by atoms with Gasteiger partial charge in [-0.3, -0.25) is 0 Å². The molecule has 2 aliphatic heterocycles. The molecule has 6 heteroatoms. The standard InChI is InChI=1S/C27H30N2O4/c1-26(2)18-14-16(24(30)31)10-12-20(18)28(5)22(26)8-7-9-23-27(3,4)19-15-17(25(32)33)11-13-21(19)29(23)6/h7-15,24,30-31H,1-6H3/p+1. The van der Waals surface area contributed by atoms with E-state index in [4.69, 9.17) is 0 Å². The summed E-state index contributed by atoms with van der Waals surface area (Å²) in [5.74, 6) is -0.923. The Bertz CT molecular complexity index is 1250. The summed E-state index contributed by atoms with van der Waals surface area (Å²) >= 11 is 0. The number of carbonyl (C=O) groups is 1. The van der Waals surface area contributed by atoms with Crippen LogP contribution in [-0.2, 0) is 10.8 Å². The van der Waals surface area contributed by atoms with Gasteiger partial charge >= 0.3 is 5.97 Å². The Hall–Kier alpha value is -3.22. The molecule has 6 nitrogen and oxygen atoms in total. The first-order valence-corrected chi connectivity index (χ1v) is 11.0. The SMILES string of the molecule is CN1/C(=C\C=C\C2=[N+](C)c3ccc(C(=O)O)cc3C2(C)C)C(C)(C)c2cc(C(O)O)ccc21. The molecule has 0 bridgehead atoms. The second-order valence-electron chi connectivity index (χ2n) is 9.85. The molecule has 33 heavy (non-hydrogen) atoms. The number of aliphatic hydroxyl groups excluding tert-OH is 1. The van der Waals surface area contributed by atoms with E-state index >= 15 is 0 Å². The van der Waals surface area contributed by atoms with Crippen molar-refractivity contribution >= 4 is 23.1 Å². The number of likely N-dealkylation sites (N-methyl/N-ethyl adjacent to an activating group) is 1. The van der Waals surface area contributed by atoms with Crippen molar-refractivity contribution in [2.24, 2.45) is 0 Å². The van der Waals surface area contributed by atoms with Crippen molar-refractivity contribution in [2.45, 2.75) is 44.8 Å². The number of fused-ring (bicyclic) bond motifs is 2. The minimum absolute atomic E-state index is 0.294. The normalized spacial score (nSPS) is 19.7. The van der Waals surface area contributed by atoms with Gasteiger partial charge in [-0.1, -0.05) is 26.0 Å². The van der Waals surface area contributed by atoms with Crippen LogP contribution in [0.1, 0.15) is 61.0 Å². The van der Waals surface area contributed by atoms with Gasteiger partial charge in [0.1, 0.15) is 7.05 Å². The van der Waals surface area contributed by atoms with Crippen LogP contribution in [0, 0.1) is 0 Å². The molecule has 0 saturated heterocycles. The maximum atomic E-state index is 11.5. The third kappa shape index (κ3) is 3.50. The number of hydrogen-bond donors (Lipinski definition) is 3. The second kappa shape index (κ2) is 7.68. The molecular formula is C27H31N2O4+. The van der Waals surface area contributed by atoms with Gasteiger partial charge in [0, 0.05) is 47.1 Å². The highest BCUT2D eigenvalue weighted by Gasteiger charge is 2.43. The molecule has 2 heterocycles. The van der Waals surface area contributed by atoms with E-state index in [1.807, 2.05) is 38.4 Å². The molecule has 172 valence electrons. The van der Waals surface area contributed by atoms with E-state index in [0.29, 0.717) is 11.1 Å². The summed E-state index contributed by atoms with van der Waals surface area (Å²) in [6.07, 6.45) is 4.73. The highest BCUT2D eigenvalue weighted by Crippen LogP contribution is 2.47. The third-order valence-corrected chi connectivity index (χ3v) is 7.14. The van der Waals surface area contributed by atoms with Crippen LogP contribution in [0.15, 0.2) is 60.3 Å². The first-order valence-electron chi connectivity index (χ1n) is 11.0. The predicted molar refractivity (Wildman–Crippen MR) is 130 cm³/mol. The number of anilines is 1. The minimum Gasteiger partial charge on any atom is -0.478 e. The molecule has 0 fully saturated rings. The first kappa shape index (κ1) is 23.0. The minimum atomic E-state index is -1.50. The van der Waals surface area contributed by atoms with Crippen molar-refractivity contribution in [1.29, 1.82) is 0 Å². The van der Waals surface area contributed by atoms with Crippen LogP contribution in [0.25, 0.3) is 0 Å². The van der Waals surface area contributed by atoms with E-state index in [-0.39, 0.29) is 10.8 Å². The van der Waals surface area contributed by atoms with Crippen molar-refractivity contribution in [1.82, 2.24) is 0 Å². The number of carboxylic acids is 1. The van der Waals surface area contributed by atoms with Crippen molar-refractivity contribution in [3.05, 3.63) is 82.6 Å². The number of carboxylic acid groups (broad SMARTS) is 1. The van der Waals surface area contributed by atoms with Crippen molar-refractivity contribution in [3.8, 4) is 0 Å². The molecule has 0 spiro atoms. The quantitative estimate of drug-likeness (QED) is 0.482. The number of nitrogens with zero attached hydrogens (tertiary/aromatic N) is 2. The van der Waals surface area contributed by atoms with E-state index in [1.54, 1.807) is 18.2 Å². The summed E-state index contributed by atoms with van der Waals surface area (Å²) in [4.78, 5) is 13.6. The molecule has 0 saturated carbocycles. The number of hydrogen-bond acceptors (Lipinski definition) is 4. The first-order chi connectivity index (χ1) is 15.4. The average molecular weight is 448 g/mol. The molecular weight excluding hydrogens is 416 g/mol. The van der Waals surface area contributed by atoms with E-state index < -0.39 is 12.3 Å². The van der Waals surface area contributed by atoms with Crippen LogP contribution < -0.4 is 4.90 Å². The van der Waals surface area contributed by atoms with Crippen LogP contribution in [0.3, 0.4) is 0 Å². The van der Waals surface area contributed by atoms with Gasteiger partial charge in [0.05, 0.1) is 11.0 Å². The summed E-state index contributed by atoms with van der Waals surface area (Å²) in [6, 6.07) is 10.8. The smallest absolute Gasteiger partial charge is 0.335 e. The molecule has 2 aliphatic rings. The Balaban J connectivity index is 1.69.